The Morgan fingerprint density at radius 1 is 1.57 bits per heavy atom. The number of hydrogen-bond acceptors (Lipinski definition) is 2. The number of aliphatic hydroxyl groups excluding tert-OH is 1. The van der Waals surface area contributed by atoms with Crippen molar-refractivity contribution >= 4 is 15.9 Å². The summed E-state index contributed by atoms with van der Waals surface area (Å²) < 4.78 is 13.8. The number of benzene rings is 1. The Labute approximate surface area is 89.4 Å². The van der Waals surface area contributed by atoms with Gasteiger partial charge in [0.05, 0.1) is 6.07 Å². The maximum absolute atomic E-state index is 13.1. The Balaban J connectivity index is 3.00. The highest BCUT2D eigenvalue weighted by atomic mass is 79.9. The van der Waals surface area contributed by atoms with E-state index in [0.29, 0.717) is 4.47 Å². The summed E-state index contributed by atoms with van der Waals surface area (Å²) in [6.07, 6.45) is 1.25. The number of rotatable bonds is 2. The predicted octanol–water partition coefficient (Wildman–Crippen LogP) is 2.70. The van der Waals surface area contributed by atoms with Crippen LogP contribution in [0.5, 0.6) is 0 Å². The minimum absolute atomic E-state index is 0.144. The lowest BCUT2D eigenvalue weighted by Gasteiger charge is -2.06. The van der Waals surface area contributed by atoms with Gasteiger partial charge in [-0.1, -0.05) is 15.9 Å². The van der Waals surface area contributed by atoms with Crippen molar-refractivity contribution in [2.75, 3.05) is 0 Å². The Kier molecular flexibility index (Phi) is 3.81. The molecule has 1 N–H and O–H groups in total. The zero-order valence-corrected chi connectivity index (χ0v) is 8.70. The van der Waals surface area contributed by atoms with Crippen LogP contribution in [0.4, 0.5) is 4.39 Å². The smallest absolute Gasteiger partial charge is 0.129 e. The van der Waals surface area contributed by atoms with Crippen molar-refractivity contribution in [3.05, 3.63) is 46.2 Å². The van der Waals surface area contributed by atoms with Crippen molar-refractivity contribution in [2.45, 2.75) is 6.10 Å². The fraction of sp³-hybridized carbons (Fsp3) is 0.100. The minimum Gasteiger partial charge on any atom is -0.384 e. The molecule has 4 heteroatoms. The van der Waals surface area contributed by atoms with Crippen LogP contribution in [-0.2, 0) is 0 Å². The number of hydrogen-bond donors (Lipinski definition) is 1. The third-order valence-corrected chi connectivity index (χ3v) is 2.12. The molecule has 1 aromatic carbocycles. The third kappa shape index (κ3) is 2.66. The molecule has 0 amide bonds. The van der Waals surface area contributed by atoms with Crippen LogP contribution in [0, 0.1) is 17.1 Å². The molecule has 0 aliphatic heterocycles. The molecule has 0 bridgehead atoms. The second-order valence-corrected chi connectivity index (χ2v) is 3.51. The largest absolute Gasteiger partial charge is 0.384 e. The first-order valence-electron chi connectivity index (χ1n) is 3.84. The minimum atomic E-state index is -1.09. The maximum Gasteiger partial charge on any atom is 0.129 e. The molecule has 0 radical (unpaired) electrons. The summed E-state index contributed by atoms with van der Waals surface area (Å²) >= 11 is 3.17. The predicted molar refractivity (Wildman–Crippen MR) is 53.8 cm³/mol. The molecule has 0 saturated carbocycles. The summed E-state index contributed by atoms with van der Waals surface area (Å²) in [6.45, 7) is 0. The van der Waals surface area contributed by atoms with Crippen LogP contribution in [0.1, 0.15) is 11.7 Å². The molecule has 0 heterocycles. The molecular weight excluding hydrogens is 249 g/mol. The van der Waals surface area contributed by atoms with Crippen molar-refractivity contribution in [3.8, 4) is 6.07 Å². The summed E-state index contributed by atoms with van der Waals surface area (Å²) in [7, 11) is 0. The second-order valence-electron chi connectivity index (χ2n) is 2.60. The van der Waals surface area contributed by atoms with E-state index >= 15 is 0 Å². The van der Waals surface area contributed by atoms with E-state index in [9.17, 15) is 9.50 Å². The quantitative estimate of drug-likeness (QED) is 0.826. The van der Waals surface area contributed by atoms with Gasteiger partial charge in [-0.15, -0.1) is 0 Å². The van der Waals surface area contributed by atoms with Crippen LogP contribution in [0.15, 0.2) is 34.8 Å². The van der Waals surface area contributed by atoms with Crippen LogP contribution in [0.3, 0.4) is 0 Å². The number of halogens is 2. The van der Waals surface area contributed by atoms with Gasteiger partial charge in [-0.3, -0.25) is 0 Å². The third-order valence-electron chi connectivity index (χ3n) is 1.63. The molecule has 14 heavy (non-hydrogen) atoms. The van der Waals surface area contributed by atoms with E-state index in [1.54, 1.807) is 12.1 Å². The highest BCUT2D eigenvalue weighted by Gasteiger charge is 2.09. The summed E-state index contributed by atoms with van der Waals surface area (Å²) in [5.41, 5.74) is 0.144. The van der Waals surface area contributed by atoms with Gasteiger partial charge in [0, 0.05) is 16.1 Å². The fourth-order valence-corrected chi connectivity index (χ4v) is 1.36. The lowest BCUT2D eigenvalue weighted by atomic mass is 10.1. The van der Waals surface area contributed by atoms with Crippen LogP contribution >= 0.6 is 15.9 Å². The molecule has 72 valence electrons. The first-order valence-corrected chi connectivity index (χ1v) is 4.63. The van der Waals surface area contributed by atoms with Crippen LogP contribution in [-0.4, -0.2) is 5.11 Å². The SMILES string of the molecule is N#C/C=C/C(O)c1cc(Br)ccc1F. The Hall–Kier alpha value is -1.18. The molecule has 1 rings (SSSR count). The Morgan fingerprint density at radius 3 is 2.93 bits per heavy atom. The monoisotopic (exact) mass is 255 g/mol. The van der Waals surface area contributed by atoms with E-state index < -0.39 is 11.9 Å². The second kappa shape index (κ2) is 4.89. The zero-order valence-electron chi connectivity index (χ0n) is 7.11. The molecule has 0 aliphatic rings. The zero-order chi connectivity index (χ0) is 10.6. The highest BCUT2D eigenvalue weighted by Crippen LogP contribution is 2.22. The Bertz CT molecular complexity index is 398. The molecule has 1 aromatic rings. The summed E-state index contributed by atoms with van der Waals surface area (Å²) in [4.78, 5) is 0. The van der Waals surface area contributed by atoms with Gasteiger partial charge in [0.15, 0.2) is 0 Å². The van der Waals surface area contributed by atoms with Crippen LogP contribution < -0.4 is 0 Å². The van der Waals surface area contributed by atoms with Crippen molar-refractivity contribution in [1.82, 2.24) is 0 Å². The molecule has 0 aliphatic carbocycles. The average Bonchev–Trinajstić information content (AvgIpc) is 2.18. The molecule has 0 fully saturated rings. The van der Waals surface area contributed by atoms with Crippen molar-refractivity contribution in [2.24, 2.45) is 0 Å². The molecule has 1 atom stereocenters. The Morgan fingerprint density at radius 2 is 2.29 bits per heavy atom. The summed E-state index contributed by atoms with van der Waals surface area (Å²) in [5, 5.41) is 17.7. The molecule has 0 aromatic heterocycles. The molecular formula is C10H7BrFNO. The van der Waals surface area contributed by atoms with Gasteiger partial charge < -0.3 is 5.11 Å². The van der Waals surface area contributed by atoms with Crippen LogP contribution in [0.25, 0.3) is 0 Å². The topological polar surface area (TPSA) is 44.0 Å². The number of nitrogens with zero attached hydrogens (tertiary/aromatic N) is 1. The van der Waals surface area contributed by atoms with E-state index in [2.05, 4.69) is 15.9 Å². The van der Waals surface area contributed by atoms with Gasteiger partial charge in [0.1, 0.15) is 11.9 Å². The maximum atomic E-state index is 13.1. The van der Waals surface area contributed by atoms with E-state index in [1.807, 2.05) is 0 Å². The van der Waals surface area contributed by atoms with E-state index in [0.717, 1.165) is 6.08 Å². The van der Waals surface area contributed by atoms with Gasteiger partial charge in [-0.2, -0.15) is 5.26 Å². The van der Waals surface area contributed by atoms with E-state index in [4.69, 9.17) is 5.26 Å². The average molecular weight is 256 g/mol. The van der Waals surface area contributed by atoms with Crippen LogP contribution in [0.2, 0.25) is 0 Å². The van der Waals surface area contributed by atoms with Gasteiger partial charge >= 0.3 is 0 Å². The number of aliphatic hydroxyl groups is 1. The summed E-state index contributed by atoms with van der Waals surface area (Å²) in [6, 6.07) is 6.00. The number of allylic oxidation sites excluding steroid dienone is 1. The molecule has 0 saturated heterocycles. The molecule has 1 unspecified atom stereocenters. The number of nitriles is 1. The standard InChI is InChI=1S/C10H7BrFNO/c11-7-3-4-9(12)8(6-7)10(14)2-1-5-13/h1-4,6,10,14H/b2-1+. The first-order chi connectivity index (χ1) is 6.65. The van der Waals surface area contributed by atoms with Crippen molar-refractivity contribution in [1.29, 1.82) is 5.26 Å². The van der Waals surface area contributed by atoms with Gasteiger partial charge in [0.25, 0.3) is 0 Å². The lowest BCUT2D eigenvalue weighted by molar-refractivity contribution is 0.223. The van der Waals surface area contributed by atoms with E-state index in [1.165, 1.54) is 18.2 Å². The lowest BCUT2D eigenvalue weighted by Crippen LogP contribution is -1.97. The van der Waals surface area contributed by atoms with Crippen molar-refractivity contribution < 1.29 is 9.50 Å². The van der Waals surface area contributed by atoms with Gasteiger partial charge in [-0.25, -0.2) is 4.39 Å². The fourth-order valence-electron chi connectivity index (χ4n) is 0.979. The molecule has 0 spiro atoms. The van der Waals surface area contributed by atoms with Gasteiger partial charge in [0.2, 0.25) is 0 Å². The summed E-state index contributed by atoms with van der Waals surface area (Å²) in [5.74, 6) is -0.497. The van der Waals surface area contributed by atoms with Crippen molar-refractivity contribution in [3.63, 3.8) is 0 Å². The van der Waals surface area contributed by atoms with Gasteiger partial charge in [-0.05, 0) is 24.3 Å². The molecule has 2 nitrogen and oxygen atoms in total. The highest BCUT2D eigenvalue weighted by molar-refractivity contribution is 9.10. The normalized spacial score (nSPS) is 12.7. The first kappa shape index (κ1) is 10.9. The van der Waals surface area contributed by atoms with E-state index in [-0.39, 0.29) is 5.56 Å².